The van der Waals surface area contributed by atoms with E-state index in [1.807, 2.05) is 36.5 Å². The Bertz CT molecular complexity index is 993. The Morgan fingerprint density at radius 3 is 2.69 bits per heavy atom. The molecule has 1 saturated carbocycles. The van der Waals surface area contributed by atoms with Crippen LogP contribution in [0, 0.1) is 5.92 Å². The van der Waals surface area contributed by atoms with Gasteiger partial charge in [0.25, 0.3) is 0 Å². The van der Waals surface area contributed by atoms with E-state index in [9.17, 15) is 9.90 Å². The number of carbonyl (C=O) groups is 1. The van der Waals surface area contributed by atoms with E-state index in [4.69, 9.17) is 14.5 Å². The standard InChI is InChI=1S/C29H41N3O4/c1-20(2)10-11-22-14-23-25(16-29(12-7-13-29)36-28(23)31-17-22)30-18-26(33)24(32-27(34)19-35-3)15-21-8-5-4-6-9-21/h4-6,8-9,14,17,20,24-26,30,33H,7,10-13,15-16,18-19H2,1-3H3,(H,32,34)/t24-,25-,26+/m0/s1. The Morgan fingerprint density at radius 2 is 2.03 bits per heavy atom. The molecule has 1 spiro atoms. The molecule has 1 aliphatic heterocycles. The monoisotopic (exact) mass is 495 g/mol. The van der Waals surface area contributed by atoms with Gasteiger partial charge in [-0.25, -0.2) is 4.98 Å². The number of ether oxygens (including phenoxy) is 2. The minimum atomic E-state index is -0.772. The molecule has 0 saturated heterocycles. The van der Waals surface area contributed by atoms with Crippen molar-refractivity contribution in [2.45, 2.75) is 82.6 Å². The Labute approximate surface area is 215 Å². The van der Waals surface area contributed by atoms with Crippen LogP contribution in [0.25, 0.3) is 0 Å². The predicted molar refractivity (Wildman–Crippen MR) is 140 cm³/mol. The van der Waals surface area contributed by atoms with E-state index in [2.05, 4.69) is 30.5 Å². The molecule has 1 fully saturated rings. The largest absolute Gasteiger partial charge is 0.471 e. The van der Waals surface area contributed by atoms with Crippen molar-refractivity contribution in [2.75, 3.05) is 20.3 Å². The van der Waals surface area contributed by atoms with Crippen LogP contribution in [-0.4, -0.2) is 54.0 Å². The van der Waals surface area contributed by atoms with E-state index in [-0.39, 0.29) is 24.2 Å². The van der Waals surface area contributed by atoms with Gasteiger partial charge in [-0.1, -0.05) is 44.2 Å². The summed E-state index contributed by atoms with van der Waals surface area (Å²) in [6.07, 6.45) is 7.92. The molecule has 0 unspecified atom stereocenters. The zero-order chi connectivity index (χ0) is 25.5. The number of methoxy groups -OCH3 is 1. The molecule has 196 valence electrons. The molecular weight excluding hydrogens is 454 g/mol. The van der Waals surface area contributed by atoms with Crippen LogP contribution in [0.15, 0.2) is 42.6 Å². The number of amides is 1. The normalized spacial score (nSPS) is 19.8. The van der Waals surface area contributed by atoms with Crippen LogP contribution in [-0.2, 0) is 22.4 Å². The lowest BCUT2D eigenvalue weighted by Gasteiger charge is -2.47. The summed E-state index contributed by atoms with van der Waals surface area (Å²) >= 11 is 0. The molecule has 1 amide bonds. The number of aryl methyl sites for hydroxylation is 1. The van der Waals surface area contributed by atoms with Gasteiger partial charge in [0.05, 0.1) is 12.1 Å². The molecular formula is C29H41N3O4. The fraction of sp³-hybridized carbons (Fsp3) is 0.586. The fourth-order valence-electron chi connectivity index (χ4n) is 5.17. The lowest BCUT2D eigenvalue weighted by atomic mass is 9.73. The molecule has 7 nitrogen and oxygen atoms in total. The van der Waals surface area contributed by atoms with E-state index in [0.29, 0.717) is 18.9 Å². The number of aliphatic hydroxyl groups is 1. The number of carbonyl (C=O) groups excluding carboxylic acids is 1. The number of hydrogen-bond acceptors (Lipinski definition) is 6. The molecule has 1 aliphatic carbocycles. The molecule has 0 radical (unpaired) electrons. The molecule has 1 aromatic carbocycles. The first-order chi connectivity index (χ1) is 17.4. The van der Waals surface area contributed by atoms with Crippen molar-refractivity contribution in [3.8, 4) is 5.88 Å². The van der Waals surface area contributed by atoms with Crippen molar-refractivity contribution < 1.29 is 19.4 Å². The second-order valence-corrected chi connectivity index (χ2v) is 10.8. The van der Waals surface area contributed by atoms with Crippen LogP contribution in [0.4, 0.5) is 0 Å². The summed E-state index contributed by atoms with van der Waals surface area (Å²) in [5.41, 5.74) is 3.20. The molecule has 3 atom stereocenters. The lowest BCUT2D eigenvalue weighted by Crippen LogP contribution is -2.52. The number of nitrogens with one attached hydrogen (secondary N) is 2. The highest BCUT2D eigenvalue weighted by Crippen LogP contribution is 2.48. The number of fused-ring (bicyclic) bond motifs is 1. The number of pyridine rings is 1. The first-order valence-corrected chi connectivity index (χ1v) is 13.3. The van der Waals surface area contributed by atoms with Crippen LogP contribution >= 0.6 is 0 Å². The summed E-state index contributed by atoms with van der Waals surface area (Å²) in [5.74, 6) is 1.12. The zero-order valence-electron chi connectivity index (χ0n) is 21.8. The maximum absolute atomic E-state index is 12.3. The molecule has 2 aliphatic rings. The third kappa shape index (κ3) is 6.84. The quantitative estimate of drug-likeness (QED) is 0.415. The average Bonchev–Trinajstić information content (AvgIpc) is 2.85. The highest BCUT2D eigenvalue weighted by atomic mass is 16.5. The van der Waals surface area contributed by atoms with Crippen molar-refractivity contribution in [3.63, 3.8) is 0 Å². The summed E-state index contributed by atoms with van der Waals surface area (Å²) in [6, 6.07) is 11.7. The maximum atomic E-state index is 12.3. The molecule has 36 heavy (non-hydrogen) atoms. The van der Waals surface area contributed by atoms with Gasteiger partial charge in [0.2, 0.25) is 11.8 Å². The summed E-state index contributed by atoms with van der Waals surface area (Å²) in [5, 5.41) is 17.8. The van der Waals surface area contributed by atoms with Crippen molar-refractivity contribution >= 4 is 5.91 Å². The van der Waals surface area contributed by atoms with Gasteiger partial charge in [-0.2, -0.15) is 0 Å². The van der Waals surface area contributed by atoms with Crippen LogP contribution in [0.3, 0.4) is 0 Å². The third-order valence-electron chi connectivity index (χ3n) is 7.43. The fourth-order valence-corrected chi connectivity index (χ4v) is 5.17. The number of rotatable bonds is 12. The molecule has 0 bridgehead atoms. The number of benzene rings is 1. The average molecular weight is 496 g/mol. The van der Waals surface area contributed by atoms with E-state index in [1.165, 1.54) is 19.1 Å². The van der Waals surface area contributed by atoms with Gasteiger partial charge in [0, 0.05) is 37.9 Å². The van der Waals surface area contributed by atoms with Gasteiger partial charge >= 0.3 is 0 Å². The Kier molecular flexibility index (Phi) is 8.99. The Hall–Kier alpha value is -2.48. The van der Waals surface area contributed by atoms with Gasteiger partial charge in [0.15, 0.2) is 0 Å². The smallest absolute Gasteiger partial charge is 0.246 e. The van der Waals surface area contributed by atoms with E-state index < -0.39 is 12.1 Å². The summed E-state index contributed by atoms with van der Waals surface area (Å²) in [6.45, 7) is 4.78. The maximum Gasteiger partial charge on any atom is 0.246 e. The van der Waals surface area contributed by atoms with Crippen molar-refractivity contribution in [2.24, 2.45) is 5.92 Å². The predicted octanol–water partition coefficient (Wildman–Crippen LogP) is 3.74. The third-order valence-corrected chi connectivity index (χ3v) is 7.43. The first-order valence-electron chi connectivity index (χ1n) is 13.3. The van der Waals surface area contributed by atoms with Gasteiger partial charge in [-0.15, -0.1) is 0 Å². The second-order valence-electron chi connectivity index (χ2n) is 10.8. The number of nitrogens with zero attached hydrogens (tertiary/aromatic N) is 1. The highest BCUT2D eigenvalue weighted by Gasteiger charge is 2.46. The summed E-state index contributed by atoms with van der Waals surface area (Å²) in [4.78, 5) is 17.0. The molecule has 2 aromatic rings. The zero-order valence-corrected chi connectivity index (χ0v) is 21.8. The Morgan fingerprint density at radius 1 is 1.25 bits per heavy atom. The molecule has 1 aromatic heterocycles. The van der Waals surface area contributed by atoms with E-state index >= 15 is 0 Å². The Balaban J connectivity index is 1.47. The summed E-state index contributed by atoms with van der Waals surface area (Å²) < 4.78 is 11.4. The first kappa shape index (κ1) is 26.6. The van der Waals surface area contributed by atoms with Gasteiger partial charge in [0.1, 0.15) is 12.2 Å². The van der Waals surface area contributed by atoms with Gasteiger partial charge in [-0.3, -0.25) is 4.79 Å². The van der Waals surface area contributed by atoms with E-state index in [0.717, 1.165) is 49.1 Å². The van der Waals surface area contributed by atoms with Gasteiger partial charge in [-0.05, 0) is 61.6 Å². The van der Waals surface area contributed by atoms with Crippen LogP contribution in [0.5, 0.6) is 5.88 Å². The molecule has 4 rings (SSSR count). The number of aromatic nitrogens is 1. The SMILES string of the molecule is COCC(=O)N[C@@H](Cc1ccccc1)[C@H](O)CN[C@H]1CC2(CCC2)Oc2ncc(CCC(C)C)cc21. The number of aliphatic hydroxyl groups excluding tert-OH is 1. The minimum Gasteiger partial charge on any atom is -0.471 e. The van der Waals surface area contributed by atoms with Crippen molar-refractivity contribution in [1.29, 1.82) is 0 Å². The second kappa shape index (κ2) is 12.2. The van der Waals surface area contributed by atoms with Gasteiger partial charge < -0.3 is 25.2 Å². The van der Waals surface area contributed by atoms with Crippen molar-refractivity contribution in [3.05, 3.63) is 59.3 Å². The molecule has 7 heteroatoms. The van der Waals surface area contributed by atoms with Crippen LogP contribution < -0.4 is 15.4 Å². The van der Waals surface area contributed by atoms with E-state index in [1.54, 1.807) is 0 Å². The molecule has 2 heterocycles. The lowest BCUT2D eigenvalue weighted by molar-refractivity contribution is -0.126. The number of hydrogen-bond donors (Lipinski definition) is 3. The topological polar surface area (TPSA) is 92.7 Å². The highest BCUT2D eigenvalue weighted by molar-refractivity contribution is 5.77. The molecule has 3 N–H and O–H groups in total. The minimum absolute atomic E-state index is 0.0356. The van der Waals surface area contributed by atoms with Crippen LogP contribution in [0.2, 0.25) is 0 Å². The van der Waals surface area contributed by atoms with Crippen LogP contribution in [0.1, 0.15) is 68.7 Å². The summed E-state index contributed by atoms with van der Waals surface area (Å²) in [7, 11) is 1.49. The van der Waals surface area contributed by atoms with Crippen molar-refractivity contribution in [1.82, 2.24) is 15.6 Å².